The first-order chi connectivity index (χ1) is 10.1. The van der Waals surface area contributed by atoms with Crippen molar-refractivity contribution in [3.05, 3.63) is 59.5 Å². The van der Waals surface area contributed by atoms with E-state index in [0.29, 0.717) is 12.2 Å². The number of carbonyl (C=O) groups is 2. The molecular weight excluding hydrogens is 270 g/mol. The van der Waals surface area contributed by atoms with E-state index in [1.807, 2.05) is 30.3 Å². The van der Waals surface area contributed by atoms with Gasteiger partial charge in [0.25, 0.3) is 5.91 Å². The standard InChI is InChI=1S/C16H17NO4/c1-11-7-9-14(21-11)16(20)17-13(8-10-15(18)19)12-5-3-2-4-6-12/h2-7,9,13H,8,10H2,1H3,(H,17,20)(H,18,19). The number of carboxylic acid groups (broad SMARTS) is 1. The molecule has 1 atom stereocenters. The summed E-state index contributed by atoms with van der Waals surface area (Å²) in [6.07, 6.45) is 0.307. The molecule has 0 spiro atoms. The first kappa shape index (κ1) is 14.8. The summed E-state index contributed by atoms with van der Waals surface area (Å²) in [4.78, 5) is 22.9. The molecule has 1 heterocycles. The molecular formula is C16H17NO4. The second-order valence-electron chi connectivity index (χ2n) is 4.78. The molecule has 2 rings (SSSR count). The molecule has 2 aromatic rings. The van der Waals surface area contributed by atoms with E-state index in [-0.39, 0.29) is 24.1 Å². The Kier molecular flexibility index (Phi) is 4.77. The molecule has 1 unspecified atom stereocenters. The molecule has 0 saturated heterocycles. The van der Waals surface area contributed by atoms with E-state index in [2.05, 4.69) is 5.32 Å². The number of rotatable bonds is 6. The third-order valence-electron chi connectivity index (χ3n) is 3.12. The van der Waals surface area contributed by atoms with Gasteiger partial charge in [-0.3, -0.25) is 9.59 Å². The van der Waals surface area contributed by atoms with Gasteiger partial charge in [-0.2, -0.15) is 0 Å². The first-order valence-electron chi connectivity index (χ1n) is 6.70. The Bertz CT molecular complexity index is 618. The molecule has 0 radical (unpaired) electrons. The van der Waals surface area contributed by atoms with Gasteiger partial charge in [0.05, 0.1) is 6.04 Å². The lowest BCUT2D eigenvalue weighted by molar-refractivity contribution is -0.137. The molecule has 0 aliphatic carbocycles. The smallest absolute Gasteiger partial charge is 0.303 e. The van der Waals surface area contributed by atoms with Crippen LogP contribution in [-0.2, 0) is 4.79 Å². The monoisotopic (exact) mass is 287 g/mol. The van der Waals surface area contributed by atoms with E-state index in [9.17, 15) is 9.59 Å². The minimum absolute atomic E-state index is 0.0168. The van der Waals surface area contributed by atoms with Gasteiger partial charge in [0.15, 0.2) is 5.76 Å². The van der Waals surface area contributed by atoms with E-state index in [1.54, 1.807) is 19.1 Å². The van der Waals surface area contributed by atoms with Crippen LogP contribution in [0.2, 0.25) is 0 Å². The van der Waals surface area contributed by atoms with Crippen molar-refractivity contribution in [1.82, 2.24) is 5.32 Å². The van der Waals surface area contributed by atoms with E-state index in [1.165, 1.54) is 0 Å². The Morgan fingerprint density at radius 2 is 1.90 bits per heavy atom. The highest BCUT2D eigenvalue weighted by atomic mass is 16.4. The Labute approximate surface area is 122 Å². The van der Waals surface area contributed by atoms with Crippen molar-refractivity contribution in [2.45, 2.75) is 25.8 Å². The maximum Gasteiger partial charge on any atom is 0.303 e. The lowest BCUT2D eigenvalue weighted by Crippen LogP contribution is -2.28. The van der Waals surface area contributed by atoms with Crippen LogP contribution in [0.15, 0.2) is 46.9 Å². The quantitative estimate of drug-likeness (QED) is 0.856. The highest BCUT2D eigenvalue weighted by Crippen LogP contribution is 2.19. The Morgan fingerprint density at radius 1 is 1.19 bits per heavy atom. The van der Waals surface area contributed by atoms with Crippen molar-refractivity contribution in [3.63, 3.8) is 0 Å². The summed E-state index contributed by atoms with van der Waals surface area (Å²) in [6, 6.07) is 12.3. The Morgan fingerprint density at radius 3 is 2.48 bits per heavy atom. The minimum atomic E-state index is -0.890. The molecule has 1 aromatic carbocycles. The largest absolute Gasteiger partial charge is 0.481 e. The number of hydrogen-bond acceptors (Lipinski definition) is 3. The van der Waals surface area contributed by atoms with Crippen LogP contribution < -0.4 is 5.32 Å². The van der Waals surface area contributed by atoms with Crippen LogP contribution in [0.1, 0.15) is 40.8 Å². The second kappa shape index (κ2) is 6.74. The van der Waals surface area contributed by atoms with Crippen LogP contribution >= 0.6 is 0 Å². The summed E-state index contributed by atoms with van der Waals surface area (Å²) >= 11 is 0. The third-order valence-corrected chi connectivity index (χ3v) is 3.12. The number of nitrogens with one attached hydrogen (secondary N) is 1. The summed E-state index contributed by atoms with van der Waals surface area (Å²) < 4.78 is 5.28. The Balaban J connectivity index is 2.12. The number of carbonyl (C=O) groups excluding carboxylic acids is 1. The molecule has 2 N–H and O–H groups in total. The van der Waals surface area contributed by atoms with E-state index in [4.69, 9.17) is 9.52 Å². The molecule has 0 saturated carbocycles. The van der Waals surface area contributed by atoms with E-state index in [0.717, 1.165) is 5.56 Å². The average molecular weight is 287 g/mol. The zero-order chi connectivity index (χ0) is 15.2. The van der Waals surface area contributed by atoms with Crippen molar-refractivity contribution < 1.29 is 19.1 Å². The van der Waals surface area contributed by atoms with E-state index < -0.39 is 5.97 Å². The van der Waals surface area contributed by atoms with Crippen LogP contribution in [0, 0.1) is 6.92 Å². The van der Waals surface area contributed by atoms with Crippen molar-refractivity contribution >= 4 is 11.9 Å². The fourth-order valence-corrected chi connectivity index (χ4v) is 2.06. The molecule has 110 valence electrons. The van der Waals surface area contributed by atoms with Crippen molar-refractivity contribution in [3.8, 4) is 0 Å². The summed E-state index contributed by atoms with van der Waals surface area (Å²) in [7, 11) is 0. The van der Waals surface area contributed by atoms with Crippen LogP contribution in [0.4, 0.5) is 0 Å². The van der Waals surface area contributed by atoms with Gasteiger partial charge in [0, 0.05) is 6.42 Å². The number of carboxylic acids is 1. The molecule has 1 amide bonds. The number of furan rings is 1. The lowest BCUT2D eigenvalue weighted by atomic mass is 10.0. The van der Waals surface area contributed by atoms with Crippen LogP contribution in [0.5, 0.6) is 0 Å². The fraction of sp³-hybridized carbons (Fsp3) is 0.250. The second-order valence-corrected chi connectivity index (χ2v) is 4.78. The van der Waals surface area contributed by atoms with Gasteiger partial charge in [0.2, 0.25) is 0 Å². The number of aliphatic carboxylic acids is 1. The summed E-state index contributed by atoms with van der Waals surface area (Å²) in [5.74, 6) is -0.355. The van der Waals surface area contributed by atoms with Crippen molar-refractivity contribution in [2.24, 2.45) is 0 Å². The Hall–Kier alpha value is -2.56. The maximum atomic E-state index is 12.1. The highest BCUT2D eigenvalue weighted by Gasteiger charge is 2.18. The van der Waals surface area contributed by atoms with E-state index >= 15 is 0 Å². The van der Waals surface area contributed by atoms with Gasteiger partial charge in [-0.15, -0.1) is 0 Å². The maximum absolute atomic E-state index is 12.1. The molecule has 0 aliphatic rings. The fourth-order valence-electron chi connectivity index (χ4n) is 2.06. The summed E-state index contributed by atoms with van der Waals surface area (Å²) in [5, 5.41) is 11.7. The van der Waals surface area contributed by atoms with Crippen molar-refractivity contribution in [2.75, 3.05) is 0 Å². The molecule has 21 heavy (non-hydrogen) atoms. The van der Waals surface area contributed by atoms with Gasteiger partial charge in [-0.25, -0.2) is 0 Å². The van der Waals surface area contributed by atoms with Crippen molar-refractivity contribution in [1.29, 1.82) is 0 Å². The number of benzene rings is 1. The van der Waals surface area contributed by atoms with Gasteiger partial charge in [-0.1, -0.05) is 30.3 Å². The number of hydrogen-bond donors (Lipinski definition) is 2. The predicted octanol–water partition coefficient (Wildman–Crippen LogP) is 2.92. The molecule has 0 fully saturated rings. The molecule has 1 aromatic heterocycles. The average Bonchev–Trinajstić information content (AvgIpc) is 2.90. The number of amides is 1. The highest BCUT2D eigenvalue weighted by molar-refractivity contribution is 5.91. The zero-order valence-electron chi connectivity index (χ0n) is 11.7. The number of aryl methyl sites for hydroxylation is 1. The normalized spacial score (nSPS) is 11.9. The summed E-state index contributed by atoms with van der Waals surface area (Å²) in [6.45, 7) is 1.76. The zero-order valence-corrected chi connectivity index (χ0v) is 11.7. The SMILES string of the molecule is Cc1ccc(C(=O)NC(CCC(=O)O)c2ccccc2)o1. The first-order valence-corrected chi connectivity index (χ1v) is 6.70. The van der Waals surface area contributed by atoms with Gasteiger partial charge in [0.1, 0.15) is 5.76 Å². The van der Waals surface area contributed by atoms with Crippen LogP contribution in [-0.4, -0.2) is 17.0 Å². The molecule has 5 nitrogen and oxygen atoms in total. The summed E-state index contributed by atoms with van der Waals surface area (Å²) in [5.41, 5.74) is 0.871. The van der Waals surface area contributed by atoms with Gasteiger partial charge in [-0.05, 0) is 31.0 Å². The molecule has 0 aliphatic heterocycles. The van der Waals surface area contributed by atoms with Crippen LogP contribution in [0.3, 0.4) is 0 Å². The van der Waals surface area contributed by atoms with Gasteiger partial charge >= 0.3 is 5.97 Å². The minimum Gasteiger partial charge on any atom is -0.481 e. The molecule has 5 heteroatoms. The topological polar surface area (TPSA) is 79.5 Å². The third kappa shape index (κ3) is 4.21. The molecule has 0 bridgehead atoms. The van der Waals surface area contributed by atoms with Gasteiger partial charge < -0.3 is 14.8 Å². The van der Waals surface area contributed by atoms with Crippen LogP contribution in [0.25, 0.3) is 0 Å². The predicted molar refractivity (Wildman–Crippen MR) is 77.0 cm³/mol. The lowest BCUT2D eigenvalue weighted by Gasteiger charge is -2.17.